The van der Waals surface area contributed by atoms with Gasteiger partial charge in [0.25, 0.3) is 0 Å². The lowest BCUT2D eigenvalue weighted by Crippen LogP contribution is -2.04. The van der Waals surface area contributed by atoms with Gasteiger partial charge in [-0.1, -0.05) is 24.4 Å². The molecule has 0 unspecified atom stereocenters. The van der Waals surface area contributed by atoms with Gasteiger partial charge in [-0.3, -0.25) is 0 Å². The molecule has 7 nitrogen and oxygen atoms in total. The zero-order valence-corrected chi connectivity index (χ0v) is 14.1. The van der Waals surface area contributed by atoms with Gasteiger partial charge in [0.05, 0.1) is 5.39 Å². The third kappa shape index (κ3) is 2.44. The first-order valence-electron chi connectivity index (χ1n) is 8.61. The van der Waals surface area contributed by atoms with Crippen LogP contribution in [-0.2, 0) is 0 Å². The Labute approximate surface area is 140 Å². The van der Waals surface area contributed by atoms with E-state index in [1.54, 1.807) is 0 Å². The summed E-state index contributed by atoms with van der Waals surface area (Å²) in [5.74, 6) is 1.84. The highest BCUT2D eigenvalue weighted by Gasteiger charge is 2.24. The molecule has 0 amide bonds. The van der Waals surface area contributed by atoms with E-state index >= 15 is 0 Å². The van der Waals surface area contributed by atoms with Crippen molar-refractivity contribution in [3.8, 4) is 11.4 Å². The third-order valence-electron chi connectivity index (χ3n) is 4.79. The van der Waals surface area contributed by atoms with E-state index in [9.17, 15) is 0 Å². The standard InChI is InChI=1S/C17H22N6O/c1-10(2)23-17-14(16(18)19-9-20-17)15(21-23)12-8-13(24-22-12)11-6-4-3-5-7-11/h8-11H,3-7H2,1-2H3,(H2,18,19,20). The molecule has 2 N–H and O–H groups in total. The first kappa shape index (κ1) is 15.1. The number of nitrogens with two attached hydrogens (primary N) is 1. The Balaban J connectivity index is 1.80. The van der Waals surface area contributed by atoms with Gasteiger partial charge < -0.3 is 10.3 Å². The summed E-state index contributed by atoms with van der Waals surface area (Å²) in [5.41, 5.74) is 8.23. The van der Waals surface area contributed by atoms with E-state index in [0.29, 0.717) is 23.1 Å². The largest absolute Gasteiger partial charge is 0.383 e. The molecule has 0 radical (unpaired) electrons. The van der Waals surface area contributed by atoms with E-state index in [2.05, 4.69) is 29.0 Å². The van der Waals surface area contributed by atoms with Crippen molar-refractivity contribution in [1.29, 1.82) is 0 Å². The summed E-state index contributed by atoms with van der Waals surface area (Å²) in [7, 11) is 0. The third-order valence-corrected chi connectivity index (χ3v) is 4.79. The molecule has 7 heteroatoms. The van der Waals surface area contributed by atoms with Crippen LogP contribution in [0, 0.1) is 0 Å². The summed E-state index contributed by atoms with van der Waals surface area (Å²) in [4.78, 5) is 8.47. The lowest BCUT2D eigenvalue weighted by atomic mass is 9.87. The molecule has 1 fully saturated rings. The van der Waals surface area contributed by atoms with Gasteiger partial charge in [-0.2, -0.15) is 5.10 Å². The number of aromatic nitrogens is 5. The van der Waals surface area contributed by atoms with Crippen LogP contribution in [0.2, 0.25) is 0 Å². The normalized spacial score (nSPS) is 16.3. The van der Waals surface area contributed by atoms with Crippen LogP contribution >= 0.6 is 0 Å². The van der Waals surface area contributed by atoms with Crippen LogP contribution in [0.3, 0.4) is 0 Å². The number of rotatable bonds is 3. The second kappa shape index (κ2) is 5.89. The molecular weight excluding hydrogens is 304 g/mol. The number of hydrogen-bond donors (Lipinski definition) is 1. The van der Waals surface area contributed by atoms with Crippen molar-refractivity contribution in [2.45, 2.75) is 57.9 Å². The second-order valence-electron chi connectivity index (χ2n) is 6.79. The van der Waals surface area contributed by atoms with Crippen molar-refractivity contribution in [2.75, 3.05) is 5.73 Å². The highest BCUT2D eigenvalue weighted by atomic mass is 16.5. The molecule has 126 valence electrons. The lowest BCUT2D eigenvalue weighted by Gasteiger charge is -2.18. The molecule has 4 rings (SSSR count). The van der Waals surface area contributed by atoms with E-state index in [0.717, 1.165) is 16.8 Å². The average molecular weight is 326 g/mol. The Morgan fingerprint density at radius 2 is 2.00 bits per heavy atom. The Bertz CT molecular complexity index is 859. The van der Waals surface area contributed by atoms with Crippen LogP contribution in [0.1, 0.15) is 63.7 Å². The highest BCUT2D eigenvalue weighted by molar-refractivity contribution is 5.97. The van der Waals surface area contributed by atoms with E-state index in [1.807, 2.05) is 10.7 Å². The van der Waals surface area contributed by atoms with Crippen LogP contribution < -0.4 is 5.73 Å². The zero-order chi connectivity index (χ0) is 16.7. The molecular formula is C17H22N6O. The van der Waals surface area contributed by atoms with Crippen molar-refractivity contribution in [3.05, 3.63) is 18.2 Å². The monoisotopic (exact) mass is 326 g/mol. The second-order valence-corrected chi connectivity index (χ2v) is 6.79. The minimum Gasteiger partial charge on any atom is -0.383 e. The quantitative estimate of drug-likeness (QED) is 0.788. The number of nitrogens with zero attached hydrogens (tertiary/aromatic N) is 5. The lowest BCUT2D eigenvalue weighted by molar-refractivity contribution is 0.322. The SMILES string of the molecule is CC(C)n1nc(-c2cc(C3CCCCC3)on2)c2c(N)ncnc21. The number of anilines is 1. The Morgan fingerprint density at radius 3 is 2.75 bits per heavy atom. The van der Waals surface area contributed by atoms with Crippen molar-refractivity contribution < 1.29 is 4.52 Å². The number of hydrogen-bond acceptors (Lipinski definition) is 6. The first-order chi connectivity index (χ1) is 11.6. The van der Waals surface area contributed by atoms with Crippen molar-refractivity contribution in [1.82, 2.24) is 24.9 Å². The summed E-state index contributed by atoms with van der Waals surface area (Å²) in [6.07, 6.45) is 7.63. The predicted octanol–water partition coefficient (Wildman–Crippen LogP) is 3.69. The molecule has 3 aromatic heterocycles. The van der Waals surface area contributed by atoms with E-state index in [-0.39, 0.29) is 6.04 Å². The minimum atomic E-state index is 0.167. The fraction of sp³-hybridized carbons (Fsp3) is 0.529. The first-order valence-corrected chi connectivity index (χ1v) is 8.61. The summed E-state index contributed by atoms with van der Waals surface area (Å²) < 4.78 is 7.49. The van der Waals surface area contributed by atoms with Crippen LogP contribution in [0.5, 0.6) is 0 Å². The summed E-state index contributed by atoms with van der Waals surface area (Å²) in [6.45, 7) is 4.12. The molecule has 24 heavy (non-hydrogen) atoms. The molecule has 0 aromatic carbocycles. The predicted molar refractivity (Wildman–Crippen MR) is 91.4 cm³/mol. The van der Waals surface area contributed by atoms with Gasteiger partial charge in [-0.25, -0.2) is 14.6 Å². The Morgan fingerprint density at radius 1 is 1.21 bits per heavy atom. The maximum Gasteiger partial charge on any atom is 0.164 e. The van der Waals surface area contributed by atoms with E-state index < -0.39 is 0 Å². The van der Waals surface area contributed by atoms with Gasteiger partial charge in [0.1, 0.15) is 29.3 Å². The van der Waals surface area contributed by atoms with Gasteiger partial charge in [-0.15, -0.1) is 0 Å². The molecule has 0 aliphatic heterocycles. The molecule has 0 spiro atoms. The van der Waals surface area contributed by atoms with E-state index in [4.69, 9.17) is 15.4 Å². The number of nitrogen functional groups attached to an aromatic ring is 1. The molecule has 1 aliphatic rings. The van der Waals surface area contributed by atoms with E-state index in [1.165, 1.54) is 38.4 Å². The maximum atomic E-state index is 6.09. The fourth-order valence-corrected chi connectivity index (χ4v) is 3.52. The van der Waals surface area contributed by atoms with Crippen LogP contribution in [0.25, 0.3) is 22.4 Å². The Hall–Kier alpha value is -2.44. The molecule has 0 atom stereocenters. The zero-order valence-electron chi connectivity index (χ0n) is 14.1. The van der Waals surface area contributed by atoms with Crippen molar-refractivity contribution >= 4 is 16.9 Å². The van der Waals surface area contributed by atoms with Gasteiger partial charge in [0, 0.05) is 18.0 Å². The molecule has 0 bridgehead atoms. The molecule has 1 aliphatic carbocycles. The molecule has 1 saturated carbocycles. The highest BCUT2D eigenvalue weighted by Crippen LogP contribution is 2.36. The van der Waals surface area contributed by atoms with Gasteiger partial charge >= 0.3 is 0 Å². The summed E-state index contributed by atoms with van der Waals surface area (Å²) in [6, 6.07) is 2.18. The van der Waals surface area contributed by atoms with Crippen molar-refractivity contribution in [2.24, 2.45) is 0 Å². The Kier molecular flexibility index (Phi) is 3.70. The smallest absolute Gasteiger partial charge is 0.164 e. The fourth-order valence-electron chi connectivity index (χ4n) is 3.52. The minimum absolute atomic E-state index is 0.167. The van der Waals surface area contributed by atoms with Crippen LogP contribution in [0.4, 0.5) is 5.82 Å². The van der Waals surface area contributed by atoms with Gasteiger partial charge in [-0.05, 0) is 26.7 Å². The molecule has 3 aromatic rings. The van der Waals surface area contributed by atoms with Crippen molar-refractivity contribution in [3.63, 3.8) is 0 Å². The number of fused-ring (bicyclic) bond motifs is 1. The summed E-state index contributed by atoms with van der Waals surface area (Å²) >= 11 is 0. The van der Waals surface area contributed by atoms with Gasteiger partial charge in [0.2, 0.25) is 0 Å². The average Bonchev–Trinajstić information content (AvgIpc) is 3.21. The van der Waals surface area contributed by atoms with Crippen LogP contribution in [-0.4, -0.2) is 24.9 Å². The maximum absolute atomic E-state index is 6.09. The van der Waals surface area contributed by atoms with Gasteiger partial charge in [0.15, 0.2) is 5.65 Å². The topological polar surface area (TPSA) is 95.7 Å². The van der Waals surface area contributed by atoms with Crippen LogP contribution in [0.15, 0.2) is 16.9 Å². The molecule has 0 saturated heterocycles. The molecule has 3 heterocycles. The summed E-state index contributed by atoms with van der Waals surface area (Å²) in [5, 5.41) is 9.70.